The maximum absolute atomic E-state index is 13.2. The minimum atomic E-state index is -0.739. The summed E-state index contributed by atoms with van der Waals surface area (Å²) in [6.45, 7) is 1.89. The number of hydrogen-bond donors (Lipinski definition) is 2. The van der Waals surface area contributed by atoms with Gasteiger partial charge in [0, 0.05) is 0 Å². The minimum Gasteiger partial charge on any atom is -0.340 e. The average molecular weight is 255 g/mol. The van der Waals surface area contributed by atoms with E-state index in [4.69, 9.17) is 5.73 Å². The molecular formula is C15H14FN3. The molecule has 0 saturated carbocycles. The van der Waals surface area contributed by atoms with Crippen molar-refractivity contribution in [2.45, 2.75) is 12.5 Å². The smallest absolute Gasteiger partial charge is 0.131 e. The third-order valence-electron chi connectivity index (χ3n) is 3.31. The Morgan fingerprint density at radius 1 is 1.16 bits per heavy atom. The number of aromatic nitrogens is 2. The van der Waals surface area contributed by atoms with Crippen LogP contribution in [0.5, 0.6) is 0 Å². The quantitative estimate of drug-likeness (QED) is 0.739. The number of H-pyrrole nitrogens is 1. The lowest BCUT2D eigenvalue weighted by atomic mass is 9.92. The molecule has 3 rings (SSSR count). The monoisotopic (exact) mass is 255 g/mol. The molecule has 2 aromatic carbocycles. The van der Waals surface area contributed by atoms with Crippen LogP contribution in [0.2, 0.25) is 0 Å². The Morgan fingerprint density at radius 3 is 2.63 bits per heavy atom. The molecule has 0 aliphatic rings. The van der Waals surface area contributed by atoms with E-state index in [9.17, 15) is 4.39 Å². The van der Waals surface area contributed by atoms with Crippen LogP contribution in [-0.2, 0) is 5.54 Å². The highest BCUT2D eigenvalue weighted by atomic mass is 19.1. The lowest BCUT2D eigenvalue weighted by molar-refractivity contribution is 0.567. The molecule has 1 atom stereocenters. The van der Waals surface area contributed by atoms with E-state index < -0.39 is 5.54 Å². The molecular weight excluding hydrogens is 241 g/mol. The van der Waals surface area contributed by atoms with Gasteiger partial charge in [0.15, 0.2) is 0 Å². The van der Waals surface area contributed by atoms with Gasteiger partial charge in [-0.3, -0.25) is 0 Å². The summed E-state index contributed by atoms with van der Waals surface area (Å²) in [4.78, 5) is 7.55. The number of hydrogen-bond acceptors (Lipinski definition) is 2. The topological polar surface area (TPSA) is 54.7 Å². The number of halogens is 1. The molecule has 0 bridgehead atoms. The standard InChI is InChI=1S/C15H14FN3/c1-15(17,10-5-3-2-4-6-10)14-18-12-8-7-11(16)9-13(12)19-14/h2-9H,17H2,1H3,(H,18,19). The first kappa shape index (κ1) is 11.9. The second kappa shape index (κ2) is 4.17. The number of rotatable bonds is 2. The number of benzene rings is 2. The fraction of sp³-hybridized carbons (Fsp3) is 0.133. The number of nitrogens with two attached hydrogens (primary N) is 1. The lowest BCUT2D eigenvalue weighted by Gasteiger charge is -2.22. The first-order valence-electron chi connectivity index (χ1n) is 6.07. The zero-order chi connectivity index (χ0) is 13.5. The van der Waals surface area contributed by atoms with E-state index in [-0.39, 0.29) is 5.82 Å². The van der Waals surface area contributed by atoms with Crippen LogP contribution < -0.4 is 5.73 Å². The number of imidazole rings is 1. The van der Waals surface area contributed by atoms with E-state index in [1.165, 1.54) is 12.1 Å². The summed E-state index contributed by atoms with van der Waals surface area (Å²) in [5.41, 5.74) is 7.95. The highest BCUT2D eigenvalue weighted by Crippen LogP contribution is 2.26. The Balaban J connectivity index is 2.13. The number of aromatic amines is 1. The van der Waals surface area contributed by atoms with Crippen molar-refractivity contribution in [3.05, 3.63) is 65.7 Å². The third kappa shape index (κ3) is 2.00. The Bertz CT molecular complexity index is 717. The van der Waals surface area contributed by atoms with Gasteiger partial charge in [0.25, 0.3) is 0 Å². The molecule has 0 fully saturated rings. The first-order chi connectivity index (χ1) is 9.07. The van der Waals surface area contributed by atoms with Gasteiger partial charge in [-0.1, -0.05) is 30.3 Å². The molecule has 3 aromatic rings. The maximum Gasteiger partial charge on any atom is 0.131 e. The van der Waals surface area contributed by atoms with Crippen LogP contribution in [-0.4, -0.2) is 9.97 Å². The highest BCUT2D eigenvalue weighted by molar-refractivity contribution is 5.75. The summed E-state index contributed by atoms with van der Waals surface area (Å²) in [5.74, 6) is 0.334. The molecule has 4 heteroatoms. The van der Waals surface area contributed by atoms with Crippen LogP contribution in [0.4, 0.5) is 4.39 Å². The Morgan fingerprint density at radius 2 is 1.89 bits per heavy atom. The molecule has 0 saturated heterocycles. The van der Waals surface area contributed by atoms with Gasteiger partial charge >= 0.3 is 0 Å². The van der Waals surface area contributed by atoms with Crippen LogP contribution in [0.3, 0.4) is 0 Å². The fourth-order valence-corrected chi connectivity index (χ4v) is 2.15. The van der Waals surface area contributed by atoms with Crippen LogP contribution in [0.25, 0.3) is 11.0 Å². The molecule has 19 heavy (non-hydrogen) atoms. The second-order valence-electron chi connectivity index (χ2n) is 4.82. The van der Waals surface area contributed by atoms with Gasteiger partial charge in [0.2, 0.25) is 0 Å². The summed E-state index contributed by atoms with van der Waals surface area (Å²) >= 11 is 0. The molecule has 1 heterocycles. The summed E-state index contributed by atoms with van der Waals surface area (Å²) in [7, 11) is 0. The van der Waals surface area contributed by atoms with E-state index in [1.807, 2.05) is 37.3 Å². The van der Waals surface area contributed by atoms with Crippen molar-refractivity contribution in [3.63, 3.8) is 0 Å². The second-order valence-corrected chi connectivity index (χ2v) is 4.82. The summed E-state index contributed by atoms with van der Waals surface area (Å²) in [5, 5.41) is 0. The van der Waals surface area contributed by atoms with Gasteiger partial charge in [-0.2, -0.15) is 0 Å². The van der Waals surface area contributed by atoms with Crippen molar-refractivity contribution in [2.75, 3.05) is 0 Å². The zero-order valence-electron chi connectivity index (χ0n) is 10.5. The largest absolute Gasteiger partial charge is 0.340 e. The van der Waals surface area contributed by atoms with Gasteiger partial charge in [-0.05, 0) is 30.7 Å². The highest BCUT2D eigenvalue weighted by Gasteiger charge is 2.27. The van der Waals surface area contributed by atoms with E-state index in [2.05, 4.69) is 9.97 Å². The molecule has 3 nitrogen and oxygen atoms in total. The van der Waals surface area contributed by atoms with Crippen LogP contribution in [0.15, 0.2) is 48.5 Å². The van der Waals surface area contributed by atoms with Crippen LogP contribution in [0.1, 0.15) is 18.3 Å². The summed E-state index contributed by atoms with van der Waals surface area (Å²) in [6, 6.07) is 14.2. The molecule has 0 spiro atoms. The predicted octanol–water partition coefficient (Wildman–Crippen LogP) is 2.92. The number of nitrogens with zero attached hydrogens (tertiary/aromatic N) is 1. The van der Waals surface area contributed by atoms with Gasteiger partial charge in [-0.25, -0.2) is 9.37 Å². The summed E-state index contributed by atoms with van der Waals surface area (Å²) in [6.07, 6.45) is 0. The average Bonchev–Trinajstić information content (AvgIpc) is 2.83. The summed E-state index contributed by atoms with van der Waals surface area (Å²) < 4.78 is 13.2. The van der Waals surface area contributed by atoms with Gasteiger partial charge in [0.1, 0.15) is 11.6 Å². The first-order valence-corrected chi connectivity index (χ1v) is 6.07. The number of nitrogens with one attached hydrogen (secondary N) is 1. The molecule has 0 aliphatic carbocycles. The van der Waals surface area contributed by atoms with Crippen LogP contribution in [0, 0.1) is 5.82 Å². The lowest BCUT2D eigenvalue weighted by Crippen LogP contribution is -2.35. The third-order valence-corrected chi connectivity index (χ3v) is 3.31. The van der Waals surface area contributed by atoms with Crippen molar-refractivity contribution in [2.24, 2.45) is 5.73 Å². The van der Waals surface area contributed by atoms with Crippen molar-refractivity contribution in [1.29, 1.82) is 0 Å². The SMILES string of the molecule is CC(N)(c1ccccc1)c1nc2ccc(F)cc2[nH]1. The van der Waals surface area contributed by atoms with E-state index >= 15 is 0 Å². The molecule has 1 aromatic heterocycles. The Hall–Kier alpha value is -2.20. The molecule has 0 aliphatic heterocycles. The normalized spacial score (nSPS) is 14.5. The van der Waals surface area contributed by atoms with Crippen molar-refractivity contribution < 1.29 is 4.39 Å². The molecule has 3 N–H and O–H groups in total. The van der Waals surface area contributed by atoms with Gasteiger partial charge < -0.3 is 10.7 Å². The predicted molar refractivity (Wildman–Crippen MR) is 73.1 cm³/mol. The van der Waals surface area contributed by atoms with E-state index in [0.29, 0.717) is 16.9 Å². The van der Waals surface area contributed by atoms with E-state index in [1.54, 1.807) is 6.07 Å². The van der Waals surface area contributed by atoms with Crippen molar-refractivity contribution >= 4 is 11.0 Å². The van der Waals surface area contributed by atoms with E-state index in [0.717, 1.165) is 5.56 Å². The molecule has 96 valence electrons. The molecule has 1 unspecified atom stereocenters. The van der Waals surface area contributed by atoms with Crippen molar-refractivity contribution in [1.82, 2.24) is 9.97 Å². The molecule has 0 amide bonds. The fourth-order valence-electron chi connectivity index (χ4n) is 2.15. The minimum absolute atomic E-state index is 0.291. The Kier molecular flexibility index (Phi) is 2.61. The van der Waals surface area contributed by atoms with Crippen molar-refractivity contribution in [3.8, 4) is 0 Å². The van der Waals surface area contributed by atoms with Crippen LogP contribution >= 0.6 is 0 Å². The molecule has 0 radical (unpaired) electrons. The zero-order valence-corrected chi connectivity index (χ0v) is 10.5. The van der Waals surface area contributed by atoms with Gasteiger partial charge in [0.05, 0.1) is 16.6 Å². The Labute approximate surface area is 110 Å². The maximum atomic E-state index is 13.2. The number of fused-ring (bicyclic) bond motifs is 1. The van der Waals surface area contributed by atoms with Gasteiger partial charge in [-0.15, -0.1) is 0 Å².